The summed E-state index contributed by atoms with van der Waals surface area (Å²) in [6, 6.07) is 13.8. The van der Waals surface area contributed by atoms with E-state index in [-0.39, 0.29) is 30.0 Å². The van der Waals surface area contributed by atoms with E-state index >= 15 is 0 Å². The number of ether oxygens (including phenoxy) is 1. The number of hydrogen-bond acceptors (Lipinski definition) is 4. The molecule has 1 aliphatic heterocycles. The van der Waals surface area contributed by atoms with Gasteiger partial charge in [0.25, 0.3) is 5.91 Å². The summed E-state index contributed by atoms with van der Waals surface area (Å²) >= 11 is 0. The molecule has 0 bridgehead atoms. The van der Waals surface area contributed by atoms with E-state index in [1.54, 1.807) is 17.0 Å². The second-order valence-electron chi connectivity index (χ2n) is 7.50. The van der Waals surface area contributed by atoms with Gasteiger partial charge in [-0.15, -0.1) is 0 Å². The largest absolute Gasteiger partial charge is 0.478 e. The number of carboxylic acid groups (broad SMARTS) is 1. The van der Waals surface area contributed by atoms with Gasteiger partial charge >= 0.3 is 5.97 Å². The molecule has 0 unspecified atom stereocenters. The first kappa shape index (κ1) is 22.2. The fraction of sp³-hybridized carbons (Fsp3) is 0.292. The normalized spacial score (nSPS) is 13.7. The minimum absolute atomic E-state index is 0.0565. The quantitative estimate of drug-likeness (QED) is 0.519. The number of anilines is 2. The molecular formula is C24H26N2O5. The lowest BCUT2D eigenvalue weighted by Crippen LogP contribution is -2.48. The van der Waals surface area contributed by atoms with Gasteiger partial charge in [-0.3, -0.25) is 14.5 Å². The van der Waals surface area contributed by atoms with Gasteiger partial charge in [0.2, 0.25) is 5.91 Å². The lowest BCUT2D eigenvalue weighted by atomic mass is 10.1. The van der Waals surface area contributed by atoms with Crippen molar-refractivity contribution in [1.29, 1.82) is 0 Å². The summed E-state index contributed by atoms with van der Waals surface area (Å²) in [6.07, 6.45) is 3.80. The Kier molecular flexibility index (Phi) is 7.20. The maximum atomic E-state index is 12.9. The third kappa shape index (κ3) is 5.58. The Balaban J connectivity index is 1.87. The Bertz CT molecular complexity index is 985. The summed E-state index contributed by atoms with van der Waals surface area (Å²) < 4.78 is 5.55. The van der Waals surface area contributed by atoms with Gasteiger partial charge in [0.05, 0.1) is 23.0 Å². The maximum absolute atomic E-state index is 12.9. The van der Waals surface area contributed by atoms with Gasteiger partial charge in [-0.25, -0.2) is 4.79 Å². The van der Waals surface area contributed by atoms with Crippen molar-refractivity contribution in [3.63, 3.8) is 0 Å². The average molecular weight is 422 g/mol. The zero-order valence-electron chi connectivity index (χ0n) is 17.7. The van der Waals surface area contributed by atoms with Crippen LogP contribution in [0.2, 0.25) is 0 Å². The average Bonchev–Trinajstić information content (AvgIpc) is 2.76. The van der Waals surface area contributed by atoms with Crippen molar-refractivity contribution in [2.75, 3.05) is 29.5 Å². The molecular weight excluding hydrogens is 396 g/mol. The van der Waals surface area contributed by atoms with Crippen molar-refractivity contribution in [1.82, 2.24) is 0 Å². The Morgan fingerprint density at radius 2 is 1.87 bits per heavy atom. The fourth-order valence-electron chi connectivity index (χ4n) is 3.35. The van der Waals surface area contributed by atoms with Crippen LogP contribution in [0.4, 0.5) is 11.4 Å². The Morgan fingerprint density at radius 3 is 2.55 bits per heavy atom. The summed E-state index contributed by atoms with van der Waals surface area (Å²) in [5, 5.41) is 9.39. The first-order valence-corrected chi connectivity index (χ1v) is 10.2. The second kappa shape index (κ2) is 10.0. The molecule has 7 heteroatoms. The van der Waals surface area contributed by atoms with Crippen molar-refractivity contribution in [3.05, 3.63) is 65.7 Å². The molecule has 162 valence electrons. The summed E-state index contributed by atoms with van der Waals surface area (Å²) in [5.41, 5.74) is 1.84. The van der Waals surface area contributed by atoms with Crippen LogP contribution in [0, 0.1) is 0 Å². The third-order valence-corrected chi connectivity index (χ3v) is 4.86. The van der Waals surface area contributed by atoms with Crippen LogP contribution in [-0.4, -0.2) is 48.7 Å². The molecule has 0 aromatic heterocycles. The van der Waals surface area contributed by atoms with Gasteiger partial charge in [0, 0.05) is 19.2 Å². The number of amides is 2. The molecule has 7 nitrogen and oxygen atoms in total. The number of carbonyl (C=O) groups excluding carboxylic acids is 2. The number of benzene rings is 2. The molecule has 2 aromatic carbocycles. The number of fused-ring (bicyclic) bond motifs is 1. The molecule has 0 saturated carbocycles. The Hall–Kier alpha value is -3.45. The number of carbonyl (C=O) groups is 3. The molecule has 0 saturated heterocycles. The Morgan fingerprint density at radius 1 is 1.13 bits per heavy atom. The SMILES string of the molecule is CC(C)OCCCN1C(=O)CN(C(=O)/C=C/c2ccccc2)c2cc(C(=O)O)ccc21. The number of rotatable bonds is 8. The lowest BCUT2D eigenvalue weighted by Gasteiger charge is -2.36. The molecule has 0 atom stereocenters. The predicted octanol–water partition coefficient (Wildman–Crippen LogP) is 3.59. The van der Waals surface area contributed by atoms with Gasteiger partial charge in [0.1, 0.15) is 6.54 Å². The molecule has 1 N–H and O–H groups in total. The van der Waals surface area contributed by atoms with E-state index in [2.05, 4.69) is 0 Å². The molecule has 3 rings (SSSR count). The summed E-state index contributed by atoms with van der Waals surface area (Å²) in [6.45, 7) is 4.67. The molecule has 2 aromatic rings. The van der Waals surface area contributed by atoms with E-state index in [0.717, 1.165) is 5.56 Å². The second-order valence-corrected chi connectivity index (χ2v) is 7.50. The number of carboxylic acids is 1. The van der Waals surface area contributed by atoms with Crippen molar-refractivity contribution < 1.29 is 24.2 Å². The van der Waals surface area contributed by atoms with Gasteiger partial charge in [0.15, 0.2) is 0 Å². The van der Waals surface area contributed by atoms with Crippen LogP contribution in [0.3, 0.4) is 0 Å². The first-order valence-electron chi connectivity index (χ1n) is 10.2. The maximum Gasteiger partial charge on any atom is 0.335 e. The van der Waals surface area contributed by atoms with E-state index in [0.29, 0.717) is 30.9 Å². The summed E-state index contributed by atoms with van der Waals surface area (Å²) in [5.74, 6) is -1.70. The monoisotopic (exact) mass is 422 g/mol. The van der Waals surface area contributed by atoms with Gasteiger partial charge in [-0.1, -0.05) is 30.3 Å². The molecule has 1 heterocycles. The molecule has 31 heavy (non-hydrogen) atoms. The van der Waals surface area contributed by atoms with Crippen LogP contribution >= 0.6 is 0 Å². The summed E-state index contributed by atoms with van der Waals surface area (Å²) in [4.78, 5) is 40.1. The van der Waals surface area contributed by atoms with Gasteiger partial charge in [-0.05, 0) is 50.1 Å². The van der Waals surface area contributed by atoms with Crippen LogP contribution in [-0.2, 0) is 14.3 Å². The van der Waals surface area contributed by atoms with Gasteiger partial charge in [-0.2, -0.15) is 0 Å². The van der Waals surface area contributed by atoms with E-state index in [4.69, 9.17) is 4.74 Å². The smallest absolute Gasteiger partial charge is 0.335 e. The molecule has 1 aliphatic rings. The van der Waals surface area contributed by atoms with Crippen LogP contribution in [0.15, 0.2) is 54.6 Å². The van der Waals surface area contributed by atoms with Crippen molar-refractivity contribution in [2.45, 2.75) is 26.4 Å². The minimum atomic E-state index is -1.09. The molecule has 2 amide bonds. The zero-order chi connectivity index (χ0) is 22.4. The fourth-order valence-corrected chi connectivity index (χ4v) is 3.35. The van der Waals surface area contributed by atoms with Crippen LogP contribution in [0.25, 0.3) is 6.08 Å². The van der Waals surface area contributed by atoms with Crippen LogP contribution in [0.5, 0.6) is 0 Å². The van der Waals surface area contributed by atoms with Crippen molar-refractivity contribution in [2.24, 2.45) is 0 Å². The highest BCUT2D eigenvalue weighted by molar-refractivity contribution is 6.15. The predicted molar refractivity (Wildman–Crippen MR) is 119 cm³/mol. The zero-order valence-corrected chi connectivity index (χ0v) is 17.7. The van der Waals surface area contributed by atoms with E-state index in [1.807, 2.05) is 44.2 Å². The molecule has 0 fully saturated rings. The van der Waals surface area contributed by atoms with E-state index in [1.165, 1.54) is 23.1 Å². The first-order chi connectivity index (χ1) is 14.9. The highest BCUT2D eigenvalue weighted by Crippen LogP contribution is 2.35. The van der Waals surface area contributed by atoms with Crippen LogP contribution in [0.1, 0.15) is 36.2 Å². The summed E-state index contributed by atoms with van der Waals surface area (Å²) in [7, 11) is 0. The Labute approximate surface area is 181 Å². The highest BCUT2D eigenvalue weighted by Gasteiger charge is 2.32. The highest BCUT2D eigenvalue weighted by atomic mass is 16.5. The topological polar surface area (TPSA) is 87.2 Å². The minimum Gasteiger partial charge on any atom is -0.478 e. The molecule has 0 radical (unpaired) electrons. The van der Waals surface area contributed by atoms with Crippen LogP contribution < -0.4 is 9.80 Å². The molecule has 0 spiro atoms. The van der Waals surface area contributed by atoms with Crippen molar-refractivity contribution >= 4 is 35.2 Å². The number of aromatic carboxylic acids is 1. The van der Waals surface area contributed by atoms with E-state index < -0.39 is 5.97 Å². The van der Waals surface area contributed by atoms with E-state index in [9.17, 15) is 19.5 Å². The number of nitrogens with zero attached hydrogens (tertiary/aromatic N) is 2. The molecule has 0 aliphatic carbocycles. The standard InChI is InChI=1S/C24H26N2O5/c1-17(2)31-14-6-13-25-20-11-10-19(24(29)30)15-21(20)26(16-23(25)28)22(27)12-9-18-7-4-3-5-8-18/h3-5,7-12,15,17H,6,13-14,16H2,1-2H3,(H,29,30)/b12-9+. The van der Waals surface area contributed by atoms with Crippen molar-refractivity contribution in [3.8, 4) is 0 Å². The lowest BCUT2D eigenvalue weighted by molar-refractivity contribution is -0.120. The van der Waals surface area contributed by atoms with Gasteiger partial charge < -0.3 is 14.7 Å². The number of hydrogen-bond donors (Lipinski definition) is 1. The third-order valence-electron chi connectivity index (χ3n) is 4.86.